The van der Waals surface area contributed by atoms with Crippen molar-refractivity contribution in [3.05, 3.63) is 35.6 Å². The summed E-state index contributed by atoms with van der Waals surface area (Å²) in [6.07, 6.45) is 2.43. The Hall–Kier alpha value is -1.32. The van der Waals surface area contributed by atoms with E-state index >= 15 is 0 Å². The molecule has 1 unspecified atom stereocenters. The first kappa shape index (κ1) is 13.7. The highest BCUT2D eigenvalue weighted by Gasteiger charge is 2.23. The van der Waals surface area contributed by atoms with Crippen molar-refractivity contribution in [3.63, 3.8) is 0 Å². The Morgan fingerprint density at radius 3 is 2.70 bits per heavy atom. The van der Waals surface area contributed by atoms with Crippen LogP contribution in [-0.2, 0) is 6.54 Å². The zero-order valence-corrected chi connectivity index (χ0v) is 12.4. The number of likely N-dealkylation sites (tertiary alicyclic amines) is 1. The lowest BCUT2D eigenvalue weighted by atomic mass is 9.91. The van der Waals surface area contributed by atoms with E-state index in [2.05, 4.69) is 30.9 Å². The highest BCUT2D eigenvalue weighted by atomic mass is 16.3. The molecule has 0 radical (unpaired) electrons. The van der Waals surface area contributed by atoms with E-state index in [4.69, 9.17) is 10.2 Å². The lowest BCUT2D eigenvalue weighted by Crippen LogP contribution is -2.39. The van der Waals surface area contributed by atoms with E-state index in [0.29, 0.717) is 12.0 Å². The van der Waals surface area contributed by atoms with Gasteiger partial charge in [0.15, 0.2) is 0 Å². The van der Waals surface area contributed by atoms with Gasteiger partial charge in [0.1, 0.15) is 11.3 Å². The summed E-state index contributed by atoms with van der Waals surface area (Å²) in [5, 5.41) is 1.26. The Balaban J connectivity index is 1.73. The van der Waals surface area contributed by atoms with Crippen LogP contribution in [-0.4, -0.2) is 24.0 Å². The van der Waals surface area contributed by atoms with Gasteiger partial charge in [0.2, 0.25) is 0 Å². The van der Waals surface area contributed by atoms with Crippen LogP contribution in [0.25, 0.3) is 11.0 Å². The number of benzene rings is 1. The predicted octanol–water partition coefficient (Wildman–Crippen LogP) is 3.30. The normalized spacial score (nSPS) is 19.6. The predicted molar refractivity (Wildman–Crippen MR) is 82.6 cm³/mol. The second-order valence-corrected chi connectivity index (χ2v) is 6.11. The molecule has 3 rings (SSSR count). The molecule has 3 nitrogen and oxygen atoms in total. The van der Waals surface area contributed by atoms with Gasteiger partial charge < -0.3 is 10.2 Å². The Bertz CT molecular complexity index is 580. The average molecular weight is 272 g/mol. The van der Waals surface area contributed by atoms with Crippen molar-refractivity contribution in [2.75, 3.05) is 13.1 Å². The number of rotatable bonds is 3. The zero-order valence-electron chi connectivity index (χ0n) is 12.4. The molecule has 108 valence electrons. The summed E-state index contributed by atoms with van der Waals surface area (Å²) in [5.74, 6) is 1.74. The molecule has 1 atom stereocenters. The summed E-state index contributed by atoms with van der Waals surface area (Å²) in [5.41, 5.74) is 8.37. The van der Waals surface area contributed by atoms with E-state index in [1.807, 2.05) is 12.1 Å². The van der Waals surface area contributed by atoms with Crippen molar-refractivity contribution in [1.29, 1.82) is 0 Å². The van der Waals surface area contributed by atoms with Gasteiger partial charge in [-0.1, -0.05) is 18.2 Å². The second kappa shape index (κ2) is 5.58. The third kappa shape index (κ3) is 2.60. The number of hydrogen-bond donors (Lipinski definition) is 1. The van der Waals surface area contributed by atoms with E-state index in [9.17, 15) is 0 Å². The number of hydrogen-bond acceptors (Lipinski definition) is 3. The molecule has 1 aliphatic rings. The molecule has 0 aliphatic carbocycles. The lowest BCUT2D eigenvalue weighted by molar-refractivity contribution is 0.165. The largest absolute Gasteiger partial charge is 0.461 e. The van der Waals surface area contributed by atoms with Crippen LogP contribution >= 0.6 is 0 Å². The number of furan rings is 1. The van der Waals surface area contributed by atoms with Crippen molar-refractivity contribution < 1.29 is 4.42 Å². The first-order valence-electron chi connectivity index (χ1n) is 7.60. The molecule has 3 heteroatoms. The fourth-order valence-electron chi connectivity index (χ4n) is 3.28. The van der Waals surface area contributed by atoms with Crippen LogP contribution in [0.3, 0.4) is 0 Å². The molecular formula is C17H24N2O. The van der Waals surface area contributed by atoms with Crippen molar-refractivity contribution in [2.24, 2.45) is 11.7 Å². The second-order valence-electron chi connectivity index (χ2n) is 6.11. The summed E-state index contributed by atoms with van der Waals surface area (Å²) < 4.78 is 5.85. The molecule has 1 aromatic carbocycles. The van der Waals surface area contributed by atoms with Crippen LogP contribution in [0.4, 0.5) is 0 Å². The third-order valence-electron chi connectivity index (χ3n) is 4.66. The Kier molecular flexibility index (Phi) is 3.81. The number of para-hydroxylation sites is 1. The van der Waals surface area contributed by atoms with E-state index in [-0.39, 0.29) is 0 Å². The molecule has 0 amide bonds. The van der Waals surface area contributed by atoms with Gasteiger partial charge in [-0.25, -0.2) is 0 Å². The topological polar surface area (TPSA) is 42.4 Å². The molecule has 1 aromatic heterocycles. The van der Waals surface area contributed by atoms with Crippen molar-refractivity contribution >= 4 is 11.0 Å². The van der Waals surface area contributed by atoms with Gasteiger partial charge in [-0.15, -0.1) is 0 Å². The molecule has 1 saturated heterocycles. The number of fused-ring (bicyclic) bond motifs is 1. The van der Waals surface area contributed by atoms with E-state index in [1.54, 1.807) is 0 Å². The summed E-state index contributed by atoms with van der Waals surface area (Å²) in [7, 11) is 0. The molecule has 1 aliphatic heterocycles. The zero-order chi connectivity index (χ0) is 14.1. The van der Waals surface area contributed by atoms with Gasteiger partial charge in [-0.3, -0.25) is 4.90 Å². The Morgan fingerprint density at radius 2 is 2.00 bits per heavy atom. The van der Waals surface area contributed by atoms with Gasteiger partial charge in [0.25, 0.3) is 0 Å². The number of nitrogens with two attached hydrogens (primary N) is 1. The number of nitrogens with zero attached hydrogens (tertiary/aromatic N) is 1. The maximum atomic E-state index is 6.01. The minimum Gasteiger partial charge on any atom is -0.461 e. The number of aryl methyl sites for hydroxylation is 1. The minimum atomic E-state index is 0.327. The van der Waals surface area contributed by atoms with Gasteiger partial charge >= 0.3 is 0 Å². The molecule has 0 spiro atoms. The van der Waals surface area contributed by atoms with E-state index in [0.717, 1.165) is 31.0 Å². The minimum absolute atomic E-state index is 0.327. The summed E-state index contributed by atoms with van der Waals surface area (Å²) in [6, 6.07) is 8.66. The molecular weight excluding hydrogens is 248 g/mol. The Morgan fingerprint density at radius 1 is 1.30 bits per heavy atom. The van der Waals surface area contributed by atoms with Crippen LogP contribution in [0, 0.1) is 12.8 Å². The molecule has 1 fully saturated rings. The van der Waals surface area contributed by atoms with Crippen LogP contribution < -0.4 is 5.73 Å². The average Bonchev–Trinajstić information content (AvgIpc) is 2.76. The highest BCUT2D eigenvalue weighted by Crippen LogP contribution is 2.28. The molecule has 2 N–H and O–H groups in total. The number of piperidine rings is 1. The van der Waals surface area contributed by atoms with Gasteiger partial charge in [0.05, 0.1) is 0 Å². The monoisotopic (exact) mass is 272 g/mol. The van der Waals surface area contributed by atoms with Crippen molar-refractivity contribution in [3.8, 4) is 0 Å². The fraction of sp³-hybridized carbons (Fsp3) is 0.529. The Labute approximate surface area is 120 Å². The van der Waals surface area contributed by atoms with Crippen LogP contribution in [0.15, 0.2) is 28.7 Å². The van der Waals surface area contributed by atoms with Crippen molar-refractivity contribution in [2.45, 2.75) is 39.3 Å². The summed E-state index contributed by atoms with van der Waals surface area (Å²) >= 11 is 0. The van der Waals surface area contributed by atoms with Crippen LogP contribution in [0.1, 0.15) is 31.1 Å². The maximum Gasteiger partial charge on any atom is 0.134 e. The molecule has 2 heterocycles. The maximum absolute atomic E-state index is 6.01. The van der Waals surface area contributed by atoms with Crippen LogP contribution in [0.5, 0.6) is 0 Å². The van der Waals surface area contributed by atoms with Crippen LogP contribution in [0.2, 0.25) is 0 Å². The molecule has 20 heavy (non-hydrogen) atoms. The van der Waals surface area contributed by atoms with Gasteiger partial charge in [0, 0.05) is 23.5 Å². The SMILES string of the molecule is Cc1oc2ccccc2c1CN1CCC(C(C)N)CC1. The smallest absolute Gasteiger partial charge is 0.134 e. The standard InChI is InChI=1S/C17H24N2O/c1-12(18)14-7-9-19(10-8-14)11-16-13(2)20-17-6-4-3-5-15(16)17/h3-6,12,14H,7-11,18H2,1-2H3. The fourth-order valence-corrected chi connectivity index (χ4v) is 3.28. The van der Waals surface area contributed by atoms with E-state index in [1.165, 1.54) is 23.8 Å². The molecule has 0 saturated carbocycles. The summed E-state index contributed by atoms with van der Waals surface area (Å²) in [6.45, 7) is 7.49. The third-order valence-corrected chi connectivity index (χ3v) is 4.66. The quantitative estimate of drug-likeness (QED) is 0.932. The molecule has 0 bridgehead atoms. The summed E-state index contributed by atoms with van der Waals surface area (Å²) in [4.78, 5) is 2.53. The van der Waals surface area contributed by atoms with Crippen molar-refractivity contribution in [1.82, 2.24) is 4.90 Å². The van der Waals surface area contributed by atoms with Gasteiger partial charge in [-0.05, 0) is 51.8 Å². The first-order valence-corrected chi connectivity index (χ1v) is 7.60. The highest BCUT2D eigenvalue weighted by molar-refractivity contribution is 5.82. The molecule has 2 aromatic rings. The van der Waals surface area contributed by atoms with Gasteiger partial charge in [-0.2, -0.15) is 0 Å². The first-order chi connectivity index (χ1) is 9.65. The van der Waals surface area contributed by atoms with E-state index < -0.39 is 0 Å². The lowest BCUT2D eigenvalue weighted by Gasteiger charge is -2.33.